The van der Waals surface area contributed by atoms with Crippen molar-refractivity contribution in [2.24, 2.45) is 46.1 Å². The molecule has 5 saturated carbocycles. The van der Waals surface area contributed by atoms with Gasteiger partial charge in [-0.2, -0.15) is 0 Å². The van der Waals surface area contributed by atoms with Gasteiger partial charge in [0.1, 0.15) is 35.2 Å². The maximum Gasteiger partial charge on any atom is 0.216 e. The van der Waals surface area contributed by atoms with Crippen LogP contribution in [0.15, 0.2) is 183 Å². The highest BCUT2D eigenvalue weighted by molar-refractivity contribution is 5.70. The van der Waals surface area contributed by atoms with Crippen LogP contribution in [0.2, 0.25) is 0 Å². The third kappa shape index (κ3) is 14.8. The van der Waals surface area contributed by atoms with E-state index in [1.54, 1.807) is 55.6 Å². The molecule has 0 atom stereocenters. The number of hydrogen-bond acceptors (Lipinski definition) is 0. The highest BCUT2D eigenvalue weighted by Gasteiger charge is 2.47. The van der Waals surface area contributed by atoms with Gasteiger partial charge in [-0.3, -0.25) is 0 Å². The summed E-state index contributed by atoms with van der Waals surface area (Å²) in [7, 11) is 11.0. The van der Waals surface area contributed by atoms with Crippen LogP contribution < -0.4 is 22.8 Å². The van der Waals surface area contributed by atoms with E-state index in [0.29, 0.717) is 27.1 Å². The van der Waals surface area contributed by atoms with E-state index in [4.69, 9.17) is 0 Å². The molecule has 10 aliphatic carbocycles. The van der Waals surface area contributed by atoms with E-state index in [-0.39, 0.29) is 0 Å². The maximum atomic E-state index is 2.53. The lowest BCUT2D eigenvalue weighted by molar-refractivity contribution is -0.661. The van der Waals surface area contributed by atoms with Crippen molar-refractivity contribution in [1.29, 1.82) is 0 Å². The predicted octanol–water partition coefficient (Wildman–Crippen LogP) is 23.0. The Bertz CT molecular complexity index is 4970. The number of fused-ring (bicyclic) bond motifs is 8. The Morgan fingerprint density at radius 3 is 1.14 bits per heavy atom. The lowest BCUT2D eigenvalue weighted by Crippen LogP contribution is -2.38. The summed E-state index contributed by atoms with van der Waals surface area (Å²) < 4.78 is 11.7. The first-order valence-electron chi connectivity index (χ1n) is 43.9. The molecular formula is C105H130N5+5. The van der Waals surface area contributed by atoms with Gasteiger partial charge in [0.2, 0.25) is 28.5 Å². The summed E-state index contributed by atoms with van der Waals surface area (Å²) in [6.45, 7) is 11.2. The van der Waals surface area contributed by atoms with E-state index in [1.807, 2.05) is 0 Å². The first-order valence-corrected chi connectivity index (χ1v) is 43.9. The van der Waals surface area contributed by atoms with Crippen molar-refractivity contribution < 1.29 is 22.8 Å². The lowest BCUT2D eigenvalue weighted by Gasteiger charge is -2.36. The Morgan fingerprint density at radius 1 is 0.255 bits per heavy atom. The molecule has 5 spiro atoms. The summed E-state index contributed by atoms with van der Waals surface area (Å²) >= 11 is 0. The van der Waals surface area contributed by atoms with Gasteiger partial charge >= 0.3 is 0 Å². The fourth-order valence-corrected chi connectivity index (χ4v) is 24.3. The van der Waals surface area contributed by atoms with E-state index in [9.17, 15) is 0 Å². The van der Waals surface area contributed by atoms with Crippen LogP contribution in [0.3, 0.4) is 0 Å². The Hall–Kier alpha value is -8.15. The van der Waals surface area contributed by atoms with Gasteiger partial charge in [0, 0.05) is 91.4 Å². The lowest BCUT2D eigenvalue weighted by atomic mass is 9.67. The molecular weight excluding hydrogens is 1330 g/mol. The van der Waals surface area contributed by atoms with Crippen molar-refractivity contribution in [3.05, 3.63) is 266 Å². The molecule has 0 unspecified atom stereocenters. The standard InChI is InChI=1S/5C21H26N/c1-16-8-3-4-10-18(16)20-19-17(11-15-22(20)2)9-7-14-21(19)12-5-6-13-21;1-16-8-3-4-10-18(16)20-14-19-17(15-22(20)2)9-7-13-21(19)11-5-6-12-21;1-16-8-3-4-9-17(16)20-18-10-7-14-21(12-5-6-13-21)19(18)11-15-22(20)2;1-16-7-3-4-8-18(16)20-19-9-13-21(11-5-6-12-21)15-17(19)10-14-22(20)2;1-16-7-3-4-8-18(16)20-19-15-21(11-5-6-12-21)13-9-17(19)10-14-22(20)2/h3-4,8,10-11,15H,5-7,9,12-14H2,1-2H3;3-4,8,10,14-15H,5-7,9,11-13H2,1-2H3;3-4,8-9,11,15H,5-7,10,12-14H2,1-2H3;2*3-4,7-8,10,14H,5-6,9,11-13,15H2,1-2H3/q5*+1. The molecule has 0 radical (unpaired) electrons. The molecule has 5 aromatic carbocycles. The highest BCUT2D eigenvalue weighted by Crippen LogP contribution is 2.55. The first-order chi connectivity index (χ1) is 53.5. The van der Waals surface area contributed by atoms with Crippen molar-refractivity contribution in [1.82, 2.24) is 0 Å². The minimum atomic E-state index is 0.463. The van der Waals surface area contributed by atoms with Crippen LogP contribution in [-0.4, -0.2) is 0 Å². The Morgan fingerprint density at radius 2 is 0.618 bits per heavy atom. The average Bonchev–Trinajstić information content (AvgIpc) is 1.37. The zero-order valence-corrected chi connectivity index (χ0v) is 69.3. The van der Waals surface area contributed by atoms with Crippen LogP contribution in [0.5, 0.6) is 0 Å². The summed E-state index contributed by atoms with van der Waals surface area (Å²) in [5, 5.41) is 0. The van der Waals surface area contributed by atoms with Crippen LogP contribution in [-0.2, 0) is 96.4 Å². The smallest absolute Gasteiger partial charge is 0.201 e. The fourth-order valence-electron chi connectivity index (χ4n) is 24.3. The second-order valence-electron chi connectivity index (χ2n) is 37.0. The largest absolute Gasteiger partial charge is 0.216 e. The predicted molar refractivity (Wildman–Crippen MR) is 454 cm³/mol. The van der Waals surface area contributed by atoms with Crippen LogP contribution in [0.25, 0.3) is 56.3 Å². The minimum Gasteiger partial charge on any atom is -0.201 e. The molecule has 0 amide bonds. The van der Waals surface area contributed by atoms with Gasteiger partial charge in [0.15, 0.2) is 31.0 Å². The van der Waals surface area contributed by atoms with Crippen molar-refractivity contribution in [2.75, 3.05) is 0 Å². The van der Waals surface area contributed by atoms with Gasteiger partial charge in [-0.1, -0.05) is 155 Å². The summed E-state index contributed by atoms with van der Waals surface area (Å²) in [4.78, 5) is 0. The molecule has 5 aromatic heterocycles. The number of hydrogen-bond donors (Lipinski definition) is 0. The average molecular weight is 1460 g/mol. The quantitative estimate of drug-likeness (QED) is 0.153. The van der Waals surface area contributed by atoms with E-state index < -0.39 is 0 Å². The number of aromatic nitrogens is 5. The van der Waals surface area contributed by atoms with Gasteiger partial charge in [-0.15, -0.1) is 0 Å². The highest BCUT2D eigenvalue weighted by atomic mass is 14.9. The van der Waals surface area contributed by atoms with E-state index in [0.717, 1.165) is 0 Å². The minimum absolute atomic E-state index is 0.463. The van der Waals surface area contributed by atoms with Gasteiger partial charge in [0.05, 0.1) is 0 Å². The first kappa shape index (κ1) is 75.9. The van der Waals surface area contributed by atoms with Crippen LogP contribution in [0.4, 0.5) is 0 Å². The van der Waals surface area contributed by atoms with Crippen LogP contribution >= 0.6 is 0 Å². The van der Waals surface area contributed by atoms with E-state index in [1.165, 1.54) is 309 Å². The molecule has 20 rings (SSSR count). The number of rotatable bonds is 5. The molecule has 110 heavy (non-hydrogen) atoms. The molecule has 5 fully saturated rings. The third-order valence-corrected chi connectivity index (χ3v) is 30.2. The molecule has 5 heteroatoms. The van der Waals surface area contributed by atoms with Crippen molar-refractivity contribution >= 4 is 0 Å². The van der Waals surface area contributed by atoms with Crippen molar-refractivity contribution in [3.63, 3.8) is 0 Å². The molecule has 0 saturated heterocycles. The Kier molecular flexibility index (Phi) is 22.2. The SMILES string of the molecule is Cc1ccccc1-c1c2c(cc[n+]1C)C1(CCCC1)CCC2.Cc1ccccc1-c1c2c(cc[n+]1C)CC1(CCCC1)CC2.Cc1ccccc1-c1c2c(cc[n+]1C)CCC1(CCCC1)C2.Cc1ccccc1-c1c2c(cc[n+]1C)CCCC21CCCC1.Cc1ccccc1-c1cc2c(c[n+]1C)CCCC21CCCC1. The number of pyridine rings is 5. The van der Waals surface area contributed by atoms with Gasteiger partial charge in [-0.25, -0.2) is 22.8 Å². The second-order valence-corrected chi connectivity index (χ2v) is 37.0. The molecule has 5 nitrogen and oxygen atoms in total. The molecule has 570 valence electrons. The molecule has 5 heterocycles. The summed E-state index contributed by atoms with van der Waals surface area (Å²) in [5.74, 6) is 0. The molecule has 0 N–H and O–H groups in total. The summed E-state index contributed by atoms with van der Waals surface area (Å²) in [6.07, 6.45) is 59.9. The Labute approximate surface area is 662 Å². The molecule has 10 aliphatic rings. The van der Waals surface area contributed by atoms with Crippen molar-refractivity contribution in [3.8, 4) is 56.3 Å². The zero-order valence-electron chi connectivity index (χ0n) is 69.3. The van der Waals surface area contributed by atoms with Crippen LogP contribution in [0.1, 0.15) is 263 Å². The Balaban J connectivity index is 0.000000104. The number of benzene rings is 5. The van der Waals surface area contributed by atoms with Crippen LogP contribution in [0, 0.1) is 45.4 Å². The third-order valence-electron chi connectivity index (χ3n) is 30.2. The summed E-state index contributed by atoms with van der Waals surface area (Å²) in [5.41, 5.74) is 40.2. The van der Waals surface area contributed by atoms with Crippen molar-refractivity contribution in [2.45, 2.75) is 276 Å². The summed E-state index contributed by atoms with van der Waals surface area (Å²) in [6, 6.07) is 56.3. The fraction of sp³-hybridized carbons (Fsp3) is 0.476. The zero-order chi connectivity index (χ0) is 75.8. The number of nitrogens with zero attached hydrogens (tertiary/aromatic N) is 5. The van der Waals surface area contributed by atoms with Gasteiger partial charge in [0.25, 0.3) is 0 Å². The van der Waals surface area contributed by atoms with Gasteiger partial charge in [-0.05, 0) is 303 Å². The van der Waals surface area contributed by atoms with E-state index in [2.05, 4.69) is 275 Å². The van der Waals surface area contributed by atoms with Gasteiger partial charge < -0.3 is 0 Å². The maximum absolute atomic E-state index is 2.53. The monoisotopic (exact) mass is 1460 g/mol. The molecule has 10 aromatic rings. The molecule has 0 aliphatic heterocycles. The van der Waals surface area contributed by atoms with E-state index >= 15 is 0 Å². The second kappa shape index (κ2) is 32.1. The number of aryl methyl sites for hydroxylation is 13. The molecule has 0 bridgehead atoms. The topological polar surface area (TPSA) is 19.4 Å². The normalized spacial score (nSPS) is 19.4.